The van der Waals surface area contributed by atoms with Crippen molar-refractivity contribution in [1.82, 2.24) is 5.32 Å². The van der Waals surface area contributed by atoms with Gasteiger partial charge in [-0.05, 0) is 25.0 Å². The van der Waals surface area contributed by atoms with Crippen molar-refractivity contribution in [2.75, 3.05) is 26.8 Å². The first-order valence-electron chi connectivity index (χ1n) is 6.57. The van der Waals surface area contributed by atoms with Gasteiger partial charge in [-0.2, -0.15) is 0 Å². The van der Waals surface area contributed by atoms with Crippen molar-refractivity contribution in [2.24, 2.45) is 0 Å². The molecule has 0 bridgehead atoms. The first-order valence-corrected chi connectivity index (χ1v) is 6.57. The van der Waals surface area contributed by atoms with Crippen molar-refractivity contribution >= 4 is 0 Å². The maximum absolute atomic E-state index is 5.74. The van der Waals surface area contributed by atoms with Gasteiger partial charge in [0, 0.05) is 26.6 Å². The molecule has 0 radical (unpaired) electrons. The summed E-state index contributed by atoms with van der Waals surface area (Å²) in [5.74, 6) is 0. The number of benzene rings is 1. The highest BCUT2D eigenvalue weighted by Gasteiger charge is 2.18. The minimum atomic E-state index is -0.107. The fraction of sp³-hybridized carbons (Fsp3) is 0.600. The Labute approximate surface area is 109 Å². The third-order valence-corrected chi connectivity index (χ3v) is 3.46. The van der Waals surface area contributed by atoms with Crippen molar-refractivity contribution in [3.63, 3.8) is 0 Å². The highest BCUT2D eigenvalue weighted by Crippen LogP contribution is 2.21. The van der Waals surface area contributed by atoms with Crippen molar-refractivity contribution in [2.45, 2.75) is 32.0 Å². The van der Waals surface area contributed by atoms with E-state index in [1.165, 1.54) is 11.1 Å². The third kappa shape index (κ3) is 3.55. The molecular formula is C15H23NO2. The van der Waals surface area contributed by atoms with E-state index in [1.54, 1.807) is 7.11 Å². The van der Waals surface area contributed by atoms with Crippen LogP contribution in [0.1, 0.15) is 31.1 Å². The molecule has 0 spiro atoms. The molecule has 100 valence electrons. The molecule has 1 unspecified atom stereocenters. The average Bonchev–Trinajstić information content (AvgIpc) is 2.40. The van der Waals surface area contributed by atoms with Crippen LogP contribution in [0.2, 0.25) is 0 Å². The lowest BCUT2D eigenvalue weighted by Gasteiger charge is -2.25. The molecule has 1 aliphatic heterocycles. The van der Waals surface area contributed by atoms with Gasteiger partial charge in [-0.25, -0.2) is 0 Å². The van der Waals surface area contributed by atoms with Crippen LogP contribution in [0.15, 0.2) is 24.3 Å². The second-order valence-corrected chi connectivity index (χ2v) is 5.45. The van der Waals surface area contributed by atoms with Gasteiger partial charge in [0.1, 0.15) is 0 Å². The highest BCUT2D eigenvalue weighted by molar-refractivity contribution is 5.25. The molecule has 0 aliphatic carbocycles. The summed E-state index contributed by atoms with van der Waals surface area (Å²) < 4.78 is 11.2. The van der Waals surface area contributed by atoms with Crippen LogP contribution in [0.25, 0.3) is 0 Å². The second kappa shape index (κ2) is 5.83. The number of methoxy groups -OCH3 is 1. The largest absolute Gasteiger partial charge is 0.378 e. The van der Waals surface area contributed by atoms with E-state index in [4.69, 9.17) is 9.47 Å². The minimum Gasteiger partial charge on any atom is -0.378 e. The van der Waals surface area contributed by atoms with Gasteiger partial charge in [0.25, 0.3) is 0 Å². The molecule has 1 aliphatic rings. The maximum atomic E-state index is 5.74. The van der Waals surface area contributed by atoms with Gasteiger partial charge in [0.15, 0.2) is 0 Å². The van der Waals surface area contributed by atoms with Crippen LogP contribution in [0.3, 0.4) is 0 Å². The Morgan fingerprint density at radius 2 is 2.06 bits per heavy atom. The van der Waals surface area contributed by atoms with Gasteiger partial charge in [-0.1, -0.05) is 24.3 Å². The zero-order chi connectivity index (χ0) is 13.0. The minimum absolute atomic E-state index is 0.107. The Morgan fingerprint density at radius 1 is 1.33 bits per heavy atom. The summed E-state index contributed by atoms with van der Waals surface area (Å²) in [6.07, 6.45) is 1.12. The van der Waals surface area contributed by atoms with E-state index in [9.17, 15) is 0 Å². The average molecular weight is 249 g/mol. The van der Waals surface area contributed by atoms with Crippen LogP contribution < -0.4 is 5.32 Å². The maximum Gasteiger partial charge on any atom is 0.0949 e. The van der Waals surface area contributed by atoms with Crippen molar-refractivity contribution in [3.05, 3.63) is 35.4 Å². The van der Waals surface area contributed by atoms with Gasteiger partial charge in [0.2, 0.25) is 0 Å². The zero-order valence-electron chi connectivity index (χ0n) is 11.5. The van der Waals surface area contributed by atoms with Crippen LogP contribution in [0.5, 0.6) is 0 Å². The predicted molar refractivity (Wildman–Crippen MR) is 72.8 cm³/mol. The van der Waals surface area contributed by atoms with Crippen molar-refractivity contribution in [3.8, 4) is 0 Å². The van der Waals surface area contributed by atoms with E-state index in [0.29, 0.717) is 0 Å². The molecule has 1 N–H and O–H groups in total. The molecule has 3 nitrogen and oxygen atoms in total. The summed E-state index contributed by atoms with van der Waals surface area (Å²) in [6, 6.07) is 8.68. The van der Waals surface area contributed by atoms with Crippen LogP contribution >= 0.6 is 0 Å². The topological polar surface area (TPSA) is 30.5 Å². The number of morpholine rings is 1. The van der Waals surface area contributed by atoms with Gasteiger partial charge < -0.3 is 14.8 Å². The molecule has 1 aromatic carbocycles. The molecule has 2 rings (SSSR count). The molecule has 1 saturated heterocycles. The predicted octanol–water partition coefficient (Wildman–Crippen LogP) is 2.32. The molecule has 0 aromatic heterocycles. The lowest BCUT2D eigenvalue weighted by Crippen LogP contribution is -2.33. The number of hydrogen-bond acceptors (Lipinski definition) is 3. The molecule has 0 saturated carbocycles. The first kappa shape index (κ1) is 13.5. The second-order valence-electron chi connectivity index (χ2n) is 5.45. The highest BCUT2D eigenvalue weighted by atomic mass is 16.5. The molecular weight excluding hydrogens is 226 g/mol. The third-order valence-electron chi connectivity index (χ3n) is 3.46. The van der Waals surface area contributed by atoms with E-state index in [1.807, 2.05) is 0 Å². The SMILES string of the molecule is COC(C)(C)Cc1ccc(C2CNCCO2)cc1. The molecule has 1 fully saturated rings. The quantitative estimate of drug-likeness (QED) is 0.888. The number of rotatable bonds is 4. The summed E-state index contributed by atoms with van der Waals surface area (Å²) in [4.78, 5) is 0. The van der Waals surface area contributed by atoms with Crippen LogP contribution in [-0.2, 0) is 15.9 Å². The zero-order valence-corrected chi connectivity index (χ0v) is 11.5. The molecule has 1 aromatic rings. The summed E-state index contributed by atoms with van der Waals surface area (Å²) in [5.41, 5.74) is 2.44. The monoisotopic (exact) mass is 249 g/mol. The molecule has 3 heteroatoms. The molecule has 18 heavy (non-hydrogen) atoms. The number of nitrogens with one attached hydrogen (secondary N) is 1. The fourth-order valence-corrected chi connectivity index (χ4v) is 2.19. The Bertz CT molecular complexity index is 367. The van der Waals surface area contributed by atoms with Gasteiger partial charge in [-0.15, -0.1) is 0 Å². The van der Waals surface area contributed by atoms with Crippen LogP contribution in [-0.4, -0.2) is 32.4 Å². The summed E-state index contributed by atoms with van der Waals surface area (Å²) in [7, 11) is 1.76. The van der Waals surface area contributed by atoms with E-state index in [-0.39, 0.29) is 11.7 Å². The Morgan fingerprint density at radius 3 is 2.61 bits per heavy atom. The summed E-state index contributed by atoms with van der Waals surface area (Å²) in [6.45, 7) is 6.87. The first-order chi connectivity index (χ1) is 8.61. The lowest BCUT2D eigenvalue weighted by molar-refractivity contribution is 0.0230. The molecule has 1 heterocycles. The van der Waals surface area contributed by atoms with Gasteiger partial charge in [0.05, 0.1) is 18.3 Å². The standard InChI is InChI=1S/C15H23NO2/c1-15(2,17-3)10-12-4-6-13(7-5-12)14-11-16-8-9-18-14/h4-7,14,16H,8-11H2,1-3H3. The lowest BCUT2D eigenvalue weighted by atomic mass is 9.96. The number of ether oxygens (including phenoxy) is 2. The Kier molecular flexibility index (Phi) is 4.38. The van der Waals surface area contributed by atoms with Crippen LogP contribution in [0, 0.1) is 0 Å². The number of hydrogen-bond donors (Lipinski definition) is 1. The van der Waals surface area contributed by atoms with Gasteiger partial charge >= 0.3 is 0 Å². The fourth-order valence-electron chi connectivity index (χ4n) is 2.19. The summed E-state index contributed by atoms with van der Waals surface area (Å²) in [5, 5.41) is 3.35. The van der Waals surface area contributed by atoms with Crippen molar-refractivity contribution in [1.29, 1.82) is 0 Å². The van der Waals surface area contributed by atoms with Gasteiger partial charge in [-0.3, -0.25) is 0 Å². The summed E-state index contributed by atoms with van der Waals surface area (Å²) >= 11 is 0. The van der Waals surface area contributed by atoms with Crippen molar-refractivity contribution < 1.29 is 9.47 Å². The van der Waals surface area contributed by atoms with E-state index < -0.39 is 0 Å². The van der Waals surface area contributed by atoms with E-state index in [0.717, 1.165) is 26.1 Å². The molecule has 0 amide bonds. The normalized spacial score (nSPS) is 20.9. The smallest absolute Gasteiger partial charge is 0.0949 e. The van der Waals surface area contributed by atoms with E-state index >= 15 is 0 Å². The Hall–Kier alpha value is -0.900. The Balaban J connectivity index is 2.00. The van der Waals surface area contributed by atoms with Crippen LogP contribution in [0.4, 0.5) is 0 Å². The molecule has 1 atom stereocenters. The van der Waals surface area contributed by atoms with E-state index in [2.05, 4.69) is 43.4 Å².